The van der Waals surface area contributed by atoms with Crippen LogP contribution < -0.4 is 5.32 Å². The Bertz CT molecular complexity index is 559. The van der Waals surface area contributed by atoms with Crippen LogP contribution in [0.3, 0.4) is 0 Å². The van der Waals surface area contributed by atoms with Crippen LogP contribution in [0.4, 0.5) is 0 Å². The molecule has 0 bridgehead atoms. The van der Waals surface area contributed by atoms with Crippen molar-refractivity contribution in [1.29, 1.82) is 0 Å². The van der Waals surface area contributed by atoms with Gasteiger partial charge in [0.2, 0.25) is 11.8 Å². The topological polar surface area (TPSA) is 77.2 Å². The molecule has 2 heterocycles. The lowest BCUT2D eigenvalue weighted by atomic mass is 9.94. The Balaban J connectivity index is 1.31. The molecular weight excluding hydrogens is 294 g/mol. The van der Waals surface area contributed by atoms with E-state index < -0.39 is 0 Å². The number of carbonyl (C=O) groups excluding carboxylic acids is 1. The van der Waals surface area contributed by atoms with E-state index in [-0.39, 0.29) is 12.3 Å². The second-order valence-corrected chi connectivity index (χ2v) is 7.36. The molecule has 1 aromatic heterocycles. The van der Waals surface area contributed by atoms with Gasteiger partial charge in [-0.1, -0.05) is 24.4 Å². The van der Waals surface area contributed by atoms with Crippen LogP contribution in [-0.4, -0.2) is 35.3 Å². The molecule has 126 valence electrons. The molecule has 0 radical (unpaired) electrons. The van der Waals surface area contributed by atoms with Crippen LogP contribution in [0.15, 0.2) is 4.52 Å². The number of nitrogens with zero attached hydrogens (tertiary/aromatic N) is 2. The summed E-state index contributed by atoms with van der Waals surface area (Å²) in [7, 11) is 0. The number of rotatable bonds is 4. The number of hydrogen-bond donors (Lipinski definition) is 1. The minimum atomic E-state index is 0.0147. The molecule has 4 rings (SSSR count). The third-order valence-electron chi connectivity index (χ3n) is 5.75. The van der Waals surface area contributed by atoms with E-state index >= 15 is 0 Å². The summed E-state index contributed by atoms with van der Waals surface area (Å²) in [5.74, 6) is 1.62. The zero-order valence-corrected chi connectivity index (χ0v) is 13.6. The van der Waals surface area contributed by atoms with E-state index in [1.807, 2.05) is 0 Å². The average molecular weight is 319 g/mol. The van der Waals surface area contributed by atoms with Gasteiger partial charge in [0.25, 0.3) is 0 Å². The van der Waals surface area contributed by atoms with Gasteiger partial charge in [0.05, 0.1) is 6.42 Å². The molecule has 1 spiro atoms. The van der Waals surface area contributed by atoms with Crippen molar-refractivity contribution in [3.63, 3.8) is 0 Å². The highest BCUT2D eigenvalue weighted by Crippen LogP contribution is 2.64. The van der Waals surface area contributed by atoms with Crippen LogP contribution in [0.25, 0.3) is 0 Å². The summed E-state index contributed by atoms with van der Waals surface area (Å²) in [4.78, 5) is 16.6. The second-order valence-electron chi connectivity index (χ2n) is 7.36. The van der Waals surface area contributed by atoms with E-state index in [0.29, 0.717) is 29.1 Å². The summed E-state index contributed by atoms with van der Waals surface area (Å²) in [5.41, 5.74) is 0.326. The van der Waals surface area contributed by atoms with E-state index in [4.69, 9.17) is 9.26 Å². The SMILES string of the molecule is O=C(Cc1noc([C@H]2CC23CCOCC3)n1)NC1CCCCC1. The minimum absolute atomic E-state index is 0.0147. The largest absolute Gasteiger partial charge is 0.381 e. The Labute approximate surface area is 136 Å². The summed E-state index contributed by atoms with van der Waals surface area (Å²) in [5, 5.41) is 7.11. The molecule has 1 amide bonds. The highest BCUT2D eigenvalue weighted by atomic mass is 16.5. The van der Waals surface area contributed by atoms with Crippen molar-refractivity contribution in [2.45, 2.75) is 69.7 Å². The van der Waals surface area contributed by atoms with Gasteiger partial charge in [-0.25, -0.2) is 0 Å². The number of hydrogen-bond acceptors (Lipinski definition) is 5. The zero-order chi connectivity index (χ0) is 15.7. The number of nitrogens with one attached hydrogen (secondary N) is 1. The summed E-state index contributed by atoms with van der Waals surface area (Å²) in [6, 6.07) is 0.330. The molecule has 6 heteroatoms. The molecule has 3 fully saturated rings. The van der Waals surface area contributed by atoms with Crippen molar-refractivity contribution in [2.75, 3.05) is 13.2 Å². The number of carbonyl (C=O) groups is 1. The van der Waals surface area contributed by atoms with Gasteiger partial charge < -0.3 is 14.6 Å². The summed E-state index contributed by atoms with van der Waals surface area (Å²) in [6.45, 7) is 1.67. The van der Waals surface area contributed by atoms with Gasteiger partial charge in [-0.2, -0.15) is 4.98 Å². The van der Waals surface area contributed by atoms with Crippen LogP contribution in [0.2, 0.25) is 0 Å². The van der Waals surface area contributed by atoms with E-state index in [2.05, 4.69) is 15.5 Å². The first-order chi connectivity index (χ1) is 11.3. The van der Waals surface area contributed by atoms with Crippen molar-refractivity contribution in [1.82, 2.24) is 15.5 Å². The molecule has 1 N–H and O–H groups in total. The van der Waals surface area contributed by atoms with Crippen molar-refractivity contribution in [3.05, 3.63) is 11.7 Å². The highest BCUT2D eigenvalue weighted by Gasteiger charge is 2.57. The molecule has 0 aromatic carbocycles. The third-order valence-corrected chi connectivity index (χ3v) is 5.75. The van der Waals surface area contributed by atoms with E-state index in [1.165, 1.54) is 19.3 Å². The predicted molar refractivity (Wildman–Crippen MR) is 82.9 cm³/mol. The lowest BCUT2D eigenvalue weighted by molar-refractivity contribution is -0.121. The van der Waals surface area contributed by atoms with Gasteiger partial charge in [-0.3, -0.25) is 4.79 Å². The molecule has 2 saturated carbocycles. The highest BCUT2D eigenvalue weighted by molar-refractivity contribution is 5.78. The summed E-state index contributed by atoms with van der Waals surface area (Å²) in [6.07, 6.45) is 9.40. The summed E-state index contributed by atoms with van der Waals surface area (Å²) >= 11 is 0. The number of ether oxygens (including phenoxy) is 1. The fraction of sp³-hybridized carbons (Fsp3) is 0.824. The van der Waals surface area contributed by atoms with Crippen LogP contribution in [0.5, 0.6) is 0 Å². The molecule has 2 aliphatic carbocycles. The van der Waals surface area contributed by atoms with Crippen molar-refractivity contribution < 1.29 is 14.1 Å². The zero-order valence-electron chi connectivity index (χ0n) is 13.6. The van der Waals surface area contributed by atoms with Crippen LogP contribution in [0, 0.1) is 5.41 Å². The maximum Gasteiger partial charge on any atom is 0.230 e. The fourth-order valence-corrected chi connectivity index (χ4v) is 4.18. The molecule has 3 aliphatic rings. The second kappa shape index (κ2) is 6.23. The van der Waals surface area contributed by atoms with Gasteiger partial charge >= 0.3 is 0 Å². The molecule has 1 aliphatic heterocycles. The van der Waals surface area contributed by atoms with E-state index in [1.54, 1.807) is 0 Å². The lowest BCUT2D eigenvalue weighted by Crippen LogP contribution is -2.37. The smallest absolute Gasteiger partial charge is 0.230 e. The van der Waals surface area contributed by atoms with Crippen LogP contribution in [-0.2, 0) is 16.0 Å². The minimum Gasteiger partial charge on any atom is -0.381 e. The van der Waals surface area contributed by atoms with Gasteiger partial charge in [-0.05, 0) is 37.5 Å². The van der Waals surface area contributed by atoms with Crippen molar-refractivity contribution in [2.24, 2.45) is 5.41 Å². The molecule has 1 aromatic rings. The molecule has 23 heavy (non-hydrogen) atoms. The third kappa shape index (κ3) is 3.27. The number of aromatic nitrogens is 2. The molecule has 1 atom stereocenters. The Hall–Kier alpha value is -1.43. The molecule has 6 nitrogen and oxygen atoms in total. The Morgan fingerprint density at radius 1 is 1.22 bits per heavy atom. The van der Waals surface area contributed by atoms with E-state index in [9.17, 15) is 4.79 Å². The monoisotopic (exact) mass is 319 g/mol. The first-order valence-electron chi connectivity index (χ1n) is 8.95. The quantitative estimate of drug-likeness (QED) is 0.921. The van der Waals surface area contributed by atoms with Crippen molar-refractivity contribution in [3.8, 4) is 0 Å². The Morgan fingerprint density at radius 2 is 2.00 bits per heavy atom. The Kier molecular flexibility index (Phi) is 4.09. The maximum absolute atomic E-state index is 12.1. The normalized spacial score (nSPS) is 27.0. The maximum atomic E-state index is 12.1. The van der Waals surface area contributed by atoms with E-state index in [0.717, 1.165) is 45.3 Å². The van der Waals surface area contributed by atoms with Gasteiger partial charge in [-0.15, -0.1) is 0 Å². The van der Waals surface area contributed by atoms with Gasteiger partial charge in [0.1, 0.15) is 0 Å². The first kappa shape index (κ1) is 15.1. The molecular formula is C17H25N3O3. The fourth-order valence-electron chi connectivity index (χ4n) is 4.18. The van der Waals surface area contributed by atoms with Crippen LogP contribution >= 0.6 is 0 Å². The first-order valence-corrected chi connectivity index (χ1v) is 8.95. The van der Waals surface area contributed by atoms with Crippen LogP contribution in [0.1, 0.15) is 69.0 Å². The van der Waals surface area contributed by atoms with Gasteiger partial charge in [0.15, 0.2) is 5.82 Å². The lowest BCUT2D eigenvalue weighted by Gasteiger charge is -2.22. The van der Waals surface area contributed by atoms with Crippen molar-refractivity contribution >= 4 is 5.91 Å². The summed E-state index contributed by atoms with van der Waals surface area (Å²) < 4.78 is 10.9. The Morgan fingerprint density at radius 3 is 2.78 bits per heavy atom. The molecule has 1 saturated heterocycles. The van der Waals surface area contributed by atoms with Gasteiger partial charge in [0, 0.05) is 25.2 Å². The average Bonchev–Trinajstić information content (AvgIpc) is 3.04. The molecule has 0 unspecified atom stereocenters. The standard InChI is InChI=1S/C17H25N3O3/c21-15(18-12-4-2-1-3-5-12)10-14-19-16(23-20-14)13-11-17(13)6-8-22-9-7-17/h12-13H,1-11H2,(H,18,21)/t13-/m1/s1. The number of amides is 1. The predicted octanol–water partition coefficient (Wildman–Crippen LogP) is 2.35.